The molecule has 0 unspecified atom stereocenters. The van der Waals surface area contributed by atoms with E-state index in [4.69, 9.17) is 17.3 Å². The Kier molecular flexibility index (Phi) is 1.79. The zero-order valence-corrected chi connectivity index (χ0v) is 8.23. The minimum absolute atomic E-state index is 0.154. The summed E-state index contributed by atoms with van der Waals surface area (Å²) in [6.45, 7) is 1.94. The van der Waals surface area contributed by atoms with Gasteiger partial charge in [0.05, 0.1) is 5.02 Å². The Morgan fingerprint density at radius 1 is 1.46 bits per heavy atom. The first kappa shape index (κ1) is 8.85. The Balaban J connectivity index is 2.61. The Morgan fingerprint density at radius 3 is 2.62 bits per heavy atom. The predicted octanol–water partition coefficient (Wildman–Crippen LogP) is 2.30. The molecule has 2 rings (SSSR count). The van der Waals surface area contributed by atoms with E-state index < -0.39 is 0 Å². The molecule has 1 aliphatic carbocycles. The van der Waals surface area contributed by atoms with Crippen LogP contribution in [-0.4, -0.2) is 5.11 Å². The number of nitrogens with two attached hydrogens (primary N) is 1. The van der Waals surface area contributed by atoms with Crippen molar-refractivity contribution >= 4 is 11.6 Å². The molecule has 0 spiro atoms. The number of phenols is 1. The van der Waals surface area contributed by atoms with Crippen molar-refractivity contribution < 1.29 is 5.11 Å². The summed E-state index contributed by atoms with van der Waals surface area (Å²) in [5.74, 6) is 0.154. The van der Waals surface area contributed by atoms with Crippen molar-refractivity contribution in [2.24, 2.45) is 5.73 Å². The van der Waals surface area contributed by atoms with Crippen LogP contribution < -0.4 is 5.73 Å². The normalized spacial score (nSPS) is 18.7. The van der Waals surface area contributed by atoms with E-state index in [0.717, 1.165) is 24.0 Å². The largest absolute Gasteiger partial charge is 0.506 e. The Bertz CT molecular complexity index is 358. The fourth-order valence-corrected chi connectivity index (χ4v) is 1.84. The molecule has 3 heteroatoms. The van der Waals surface area contributed by atoms with Gasteiger partial charge in [0.15, 0.2) is 0 Å². The molecule has 70 valence electrons. The third-order valence-electron chi connectivity index (χ3n) is 2.62. The predicted molar refractivity (Wildman–Crippen MR) is 53.0 cm³/mol. The molecule has 0 saturated heterocycles. The van der Waals surface area contributed by atoms with Gasteiger partial charge in [-0.05, 0) is 31.4 Å². The molecule has 3 N–H and O–H groups in total. The summed E-state index contributed by atoms with van der Waals surface area (Å²) in [5.41, 5.74) is 7.53. The van der Waals surface area contributed by atoms with Crippen LogP contribution in [0, 0.1) is 6.92 Å². The van der Waals surface area contributed by atoms with Gasteiger partial charge in [0.1, 0.15) is 5.75 Å². The number of aryl methyl sites for hydroxylation is 1. The van der Waals surface area contributed by atoms with E-state index in [1.54, 1.807) is 6.07 Å². The van der Waals surface area contributed by atoms with Crippen LogP contribution in [-0.2, 0) is 5.54 Å². The van der Waals surface area contributed by atoms with Gasteiger partial charge in [-0.2, -0.15) is 0 Å². The van der Waals surface area contributed by atoms with E-state index in [9.17, 15) is 5.11 Å². The highest BCUT2D eigenvalue weighted by atomic mass is 35.5. The number of hydrogen-bond donors (Lipinski definition) is 2. The summed E-state index contributed by atoms with van der Waals surface area (Å²) in [6, 6.07) is 3.59. The average molecular weight is 198 g/mol. The summed E-state index contributed by atoms with van der Waals surface area (Å²) >= 11 is 5.81. The molecular weight excluding hydrogens is 186 g/mol. The van der Waals surface area contributed by atoms with Crippen molar-refractivity contribution in [1.82, 2.24) is 0 Å². The fraction of sp³-hybridized carbons (Fsp3) is 0.400. The summed E-state index contributed by atoms with van der Waals surface area (Å²) in [6.07, 6.45) is 1.86. The van der Waals surface area contributed by atoms with Crippen LogP contribution in [0.2, 0.25) is 5.02 Å². The minimum atomic E-state index is -0.320. The highest BCUT2D eigenvalue weighted by Crippen LogP contribution is 2.49. The lowest BCUT2D eigenvalue weighted by molar-refractivity contribution is 0.459. The van der Waals surface area contributed by atoms with Gasteiger partial charge >= 0.3 is 0 Å². The molecule has 0 bridgehead atoms. The topological polar surface area (TPSA) is 46.2 Å². The Morgan fingerprint density at radius 2 is 2.08 bits per heavy atom. The third-order valence-corrected chi connectivity index (χ3v) is 2.93. The standard InChI is InChI=1S/C10H12ClNO/c1-6-2-3-7(11)9(13)8(6)10(12)4-5-10/h2-3,13H,4-5,12H2,1H3. The van der Waals surface area contributed by atoms with Crippen LogP contribution in [0.1, 0.15) is 24.0 Å². The lowest BCUT2D eigenvalue weighted by Gasteiger charge is -2.15. The number of benzene rings is 1. The zero-order valence-electron chi connectivity index (χ0n) is 7.47. The highest BCUT2D eigenvalue weighted by Gasteiger charge is 2.43. The first-order valence-corrected chi connectivity index (χ1v) is 4.70. The second-order valence-corrected chi connectivity index (χ2v) is 4.15. The summed E-state index contributed by atoms with van der Waals surface area (Å²) in [5, 5.41) is 10.1. The Hall–Kier alpha value is -0.730. The van der Waals surface area contributed by atoms with Gasteiger partial charge in [0.25, 0.3) is 0 Å². The van der Waals surface area contributed by atoms with Gasteiger partial charge in [0.2, 0.25) is 0 Å². The Labute approximate surface area is 82.3 Å². The maximum atomic E-state index is 9.74. The number of rotatable bonds is 1. The van der Waals surface area contributed by atoms with Crippen LogP contribution in [0.3, 0.4) is 0 Å². The molecule has 1 fully saturated rings. The lowest BCUT2D eigenvalue weighted by atomic mass is 9.99. The summed E-state index contributed by atoms with van der Waals surface area (Å²) < 4.78 is 0. The molecule has 1 aliphatic rings. The molecule has 13 heavy (non-hydrogen) atoms. The van der Waals surface area contributed by atoms with Crippen molar-refractivity contribution in [3.63, 3.8) is 0 Å². The number of halogens is 1. The van der Waals surface area contributed by atoms with E-state index in [0.29, 0.717) is 5.02 Å². The minimum Gasteiger partial charge on any atom is -0.506 e. The molecule has 2 nitrogen and oxygen atoms in total. The molecule has 0 aromatic heterocycles. The lowest BCUT2D eigenvalue weighted by Crippen LogP contribution is -2.20. The van der Waals surface area contributed by atoms with Crippen LogP contribution in [0.5, 0.6) is 5.75 Å². The van der Waals surface area contributed by atoms with Crippen molar-refractivity contribution in [3.05, 3.63) is 28.3 Å². The van der Waals surface area contributed by atoms with Crippen LogP contribution in [0.15, 0.2) is 12.1 Å². The molecule has 0 radical (unpaired) electrons. The zero-order chi connectivity index (χ0) is 9.64. The van der Waals surface area contributed by atoms with Crippen LogP contribution in [0.4, 0.5) is 0 Å². The quantitative estimate of drug-likeness (QED) is 0.726. The smallest absolute Gasteiger partial charge is 0.139 e. The van der Waals surface area contributed by atoms with Crippen molar-refractivity contribution in [3.8, 4) is 5.75 Å². The first-order valence-electron chi connectivity index (χ1n) is 4.32. The van der Waals surface area contributed by atoms with Gasteiger partial charge in [-0.1, -0.05) is 17.7 Å². The SMILES string of the molecule is Cc1ccc(Cl)c(O)c1C1(N)CC1. The van der Waals surface area contributed by atoms with E-state index in [1.165, 1.54) is 0 Å². The van der Waals surface area contributed by atoms with E-state index in [-0.39, 0.29) is 11.3 Å². The van der Waals surface area contributed by atoms with E-state index in [2.05, 4.69) is 0 Å². The van der Waals surface area contributed by atoms with E-state index >= 15 is 0 Å². The molecular formula is C10H12ClNO. The van der Waals surface area contributed by atoms with Gasteiger partial charge < -0.3 is 10.8 Å². The van der Waals surface area contributed by atoms with Gasteiger partial charge in [-0.15, -0.1) is 0 Å². The molecule has 1 aromatic rings. The van der Waals surface area contributed by atoms with Crippen molar-refractivity contribution in [2.45, 2.75) is 25.3 Å². The van der Waals surface area contributed by atoms with Crippen molar-refractivity contribution in [1.29, 1.82) is 0 Å². The number of hydrogen-bond acceptors (Lipinski definition) is 2. The molecule has 0 amide bonds. The molecule has 0 aliphatic heterocycles. The fourth-order valence-electron chi connectivity index (χ4n) is 1.68. The van der Waals surface area contributed by atoms with Gasteiger partial charge in [-0.3, -0.25) is 0 Å². The molecule has 1 aromatic carbocycles. The van der Waals surface area contributed by atoms with Crippen LogP contribution >= 0.6 is 11.6 Å². The van der Waals surface area contributed by atoms with Crippen molar-refractivity contribution in [2.75, 3.05) is 0 Å². The van der Waals surface area contributed by atoms with Gasteiger partial charge in [-0.25, -0.2) is 0 Å². The molecule has 0 heterocycles. The summed E-state index contributed by atoms with van der Waals surface area (Å²) in [7, 11) is 0. The number of aromatic hydroxyl groups is 1. The van der Waals surface area contributed by atoms with Crippen LogP contribution in [0.25, 0.3) is 0 Å². The summed E-state index contributed by atoms with van der Waals surface area (Å²) in [4.78, 5) is 0. The number of phenolic OH excluding ortho intramolecular Hbond substituents is 1. The second-order valence-electron chi connectivity index (χ2n) is 3.74. The third kappa shape index (κ3) is 1.30. The maximum absolute atomic E-state index is 9.74. The first-order chi connectivity index (χ1) is 6.04. The maximum Gasteiger partial charge on any atom is 0.139 e. The van der Waals surface area contributed by atoms with E-state index in [1.807, 2.05) is 13.0 Å². The average Bonchev–Trinajstić information content (AvgIpc) is 2.78. The van der Waals surface area contributed by atoms with Gasteiger partial charge in [0, 0.05) is 11.1 Å². The molecule has 1 saturated carbocycles. The monoisotopic (exact) mass is 197 g/mol. The second kappa shape index (κ2) is 2.63. The highest BCUT2D eigenvalue weighted by molar-refractivity contribution is 6.32. The molecule has 0 atom stereocenters.